The normalized spacial score (nSPS) is 16.5. The summed E-state index contributed by atoms with van der Waals surface area (Å²) < 4.78 is 0. The van der Waals surface area contributed by atoms with Crippen LogP contribution in [0.25, 0.3) is 0 Å². The lowest BCUT2D eigenvalue weighted by Crippen LogP contribution is -2.50. The molecule has 1 fully saturated rings. The molecule has 0 spiro atoms. The van der Waals surface area contributed by atoms with Crippen LogP contribution in [0.5, 0.6) is 0 Å². The van der Waals surface area contributed by atoms with Crippen LogP contribution in [-0.2, 0) is 11.3 Å². The van der Waals surface area contributed by atoms with Crippen molar-refractivity contribution >= 4 is 29.3 Å². The third-order valence-corrected chi connectivity index (χ3v) is 6.29. The summed E-state index contributed by atoms with van der Waals surface area (Å²) in [5.41, 5.74) is 1.33. The third kappa shape index (κ3) is 5.26. The molecule has 5 heteroatoms. The summed E-state index contributed by atoms with van der Waals surface area (Å²) in [6.45, 7) is 6.52. The van der Waals surface area contributed by atoms with Crippen molar-refractivity contribution in [1.29, 1.82) is 0 Å². The minimum absolute atomic E-state index is 0.0307. The Morgan fingerprint density at radius 3 is 2.31 bits per heavy atom. The maximum atomic E-state index is 12.9. The Bertz CT molecular complexity index is 700. The molecule has 0 saturated carbocycles. The minimum atomic E-state index is -0.0307. The molecule has 0 unspecified atom stereocenters. The zero-order valence-electron chi connectivity index (χ0n) is 15.1. The maximum absolute atomic E-state index is 12.9. The molecule has 2 aromatic carbocycles. The molecule has 26 heavy (non-hydrogen) atoms. The van der Waals surface area contributed by atoms with E-state index in [4.69, 9.17) is 11.6 Å². The van der Waals surface area contributed by atoms with Gasteiger partial charge in [-0.1, -0.05) is 48.9 Å². The van der Waals surface area contributed by atoms with Crippen molar-refractivity contribution < 1.29 is 4.79 Å². The molecule has 138 valence electrons. The van der Waals surface area contributed by atoms with E-state index < -0.39 is 0 Å². The number of hydrogen-bond acceptors (Lipinski definition) is 3. The molecule has 0 aliphatic carbocycles. The van der Waals surface area contributed by atoms with Crippen LogP contribution in [0.4, 0.5) is 0 Å². The predicted molar refractivity (Wildman–Crippen MR) is 110 cm³/mol. The molecule has 1 atom stereocenters. The van der Waals surface area contributed by atoms with E-state index >= 15 is 0 Å². The van der Waals surface area contributed by atoms with E-state index in [0.717, 1.165) is 49.1 Å². The quantitative estimate of drug-likeness (QED) is 0.678. The van der Waals surface area contributed by atoms with Crippen molar-refractivity contribution in [2.24, 2.45) is 0 Å². The molecule has 0 radical (unpaired) electrons. The fourth-order valence-electron chi connectivity index (χ4n) is 3.16. The van der Waals surface area contributed by atoms with E-state index in [2.05, 4.69) is 36.1 Å². The van der Waals surface area contributed by atoms with E-state index in [0.29, 0.717) is 0 Å². The SMILES string of the molecule is CC[C@@H](Sc1ccc(Cl)cc1)C(=O)N1CCN(Cc2ccccc2)CC1. The first-order valence-corrected chi connectivity index (χ1v) is 10.4. The summed E-state index contributed by atoms with van der Waals surface area (Å²) >= 11 is 7.59. The summed E-state index contributed by atoms with van der Waals surface area (Å²) in [6, 6.07) is 18.3. The molecule has 0 aromatic heterocycles. The van der Waals surface area contributed by atoms with Gasteiger partial charge in [0.1, 0.15) is 0 Å². The Hall–Kier alpha value is -1.49. The molecule has 1 aliphatic rings. The molecule has 3 rings (SSSR count). The van der Waals surface area contributed by atoms with Gasteiger partial charge in [-0.2, -0.15) is 0 Å². The van der Waals surface area contributed by atoms with Gasteiger partial charge in [0.05, 0.1) is 5.25 Å². The summed E-state index contributed by atoms with van der Waals surface area (Å²) in [4.78, 5) is 18.5. The van der Waals surface area contributed by atoms with Crippen LogP contribution in [0, 0.1) is 0 Å². The second-order valence-electron chi connectivity index (χ2n) is 6.56. The van der Waals surface area contributed by atoms with Crippen LogP contribution in [0.3, 0.4) is 0 Å². The Labute approximate surface area is 165 Å². The fourth-order valence-corrected chi connectivity index (χ4v) is 4.32. The predicted octanol–water partition coefficient (Wildman–Crippen LogP) is 4.56. The molecule has 1 saturated heterocycles. The average molecular weight is 389 g/mol. The van der Waals surface area contributed by atoms with Crippen LogP contribution in [-0.4, -0.2) is 47.1 Å². The number of amides is 1. The molecular formula is C21H25ClN2OS. The highest BCUT2D eigenvalue weighted by atomic mass is 35.5. The Morgan fingerprint density at radius 2 is 1.69 bits per heavy atom. The number of halogens is 1. The lowest BCUT2D eigenvalue weighted by atomic mass is 10.2. The summed E-state index contributed by atoms with van der Waals surface area (Å²) in [5, 5.41) is 0.695. The number of benzene rings is 2. The van der Waals surface area contributed by atoms with Crippen LogP contribution >= 0.6 is 23.4 Å². The Morgan fingerprint density at radius 1 is 1.04 bits per heavy atom. The number of carbonyl (C=O) groups is 1. The number of thioether (sulfide) groups is 1. The highest BCUT2D eigenvalue weighted by molar-refractivity contribution is 8.00. The molecular weight excluding hydrogens is 364 g/mol. The zero-order chi connectivity index (χ0) is 18.4. The average Bonchev–Trinajstić information content (AvgIpc) is 2.68. The monoisotopic (exact) mass is 388 g/mol. The van der Waals surface area contributed by atoms with E-state index in [1.165, 1.54) is 5.56 Å². The van der Waals surface area contributed by atoms with Crippen molar-refractivity contribution in [1.82, 2.24) is 9.80 Å². The molecule has 1 amide bonds. The maximum Gasteiger partial charge on any atom is 0.236 e. The van der Waals surface area contributed by atoms with Crippen LogP contribution in [0.1, 0.15) is 18.9 Å². The molecule has 0 bridgehead atoms. The van der Waals surface area contributed by atoms with Gasteiger partial charge in [0.15, 0.2) is 0 Å². The van der Waals surface area contributed by atoms with E-state index in [9.17, 15) is 4.79 Å². The van der Waals surface area contributed by atoms with Crippen molar-refractivity contribution in [2.75, 3.05) is 26.2 Å². The van der Waals surface area contributed by atoms with Gasteiger partial charge >= 0.3 is 0 Å². The van der Waals surface area contributed by atoms with Gasteiger partial charge in [-0.15, -0.1) is 11.8 Å². The second-order valence-corrected chi connectivity index (χ2v) is 8.27. The molecule has 3 nitrogen and oxygen atoms in total. The van der Waals surface area contributed by atoms with Crippen molar-refractivity contribution in [3.05, 3.63) is 65.2 Å². The summed E-state index contributed by atoms with van der Waals surface area (Å²) in [5.74, 6) is 0.256. The molecule has 1 heterocycles. The van der Waals surface area contributed by atoms with Gasteiger partial charge in [0.25, 0.3) is 0 Å². The van der Waals surface area contributed by atoms with Gasteiger partial charge in [0.2, 0.25) is 5.91 Å². The number of rotatable bonds is 6. The van der Waals surface area contributed by atoms with E-state index in [1.807, 2.05) is 35.2 Å². The smallest absolute Gasteiger partial charge is 0.236 e. The van der Waals surface area contributed by atoms with Gasteiger partial charge < -0.3 is 4.90 Å². The van der Waals surface area contributed by atoms with Gasteiger partial charge in [-0.25, -0.2) is 0 Å². The standard InChI is InChI=1S/C21H25ClN2OS/c1-2-20(26-19-10-8-18(22)9-11-19)21(25)24-14-12-23(13-15-24)16-17-6-4-3-5-7-17/h3-11,20H,2,12-16H2,1H3/t20-/m1/s1. The van der Waals surface area contributed by atoms with Crippen LogP contribution in [0.2, 0.25) is 5.02 Å². The molecule has 2 aromatic rings. The highest BCUT2D eigenvalue weighted by Crippen LogP contribution is 2.28. The van der Waals surface area contributed by atoms with Crippen LogP contribution in [0.15, 0.2) is 59.5 Å². The summed E-state index contributed by atoms with van der Waals surface area (Å²) in [6.07, 6.45) is 0.830. The number of carbonyl (C=O) groups excluding carboxylic acids is 1. The van der Waals surface area contributed by atoms with E-state index in [-0.39, 0.29) is 11.2 Å². The lowest BCUT2D eigenvalue weighted by Gasteiger charge is -2.36. The zero-order valence-corrected chi connectivity index (χ0v) is 16.7. The highest BCUT2D eigenvalue weighted by Gasteiger charge is 2.27. The first kappa shape index (κ1) is 19.3. The molecule has 1 aliphatic heterocycles. The number of hydrogen-bond donors (Lipinski definition) is 0. The fraction of sp³-hybridized carbons (Fsp3) is 0.381. The first-order chi connectivity index (χ1) is 12.7. The largest absolute Gasteiger partial charge is 0.339 e. The second kappa shape index (κ2) is 9.45. The number of nitrogens with zero attached hydrogens (tertiary/aromatic N) is 2. The first-order valence-electron chi connectivity index (χ1n) is 9.13. The number of piperazine rings is 1. The van der Waals surface area contributed by atoms with E-state index in [1.54, 1.807) is 11.8 Å². The Balaban J connectivity index is 1.52. The van der Waals surface area contributed by atoms with Gasteiger partial charge in [-0.3, -0.25) is 9.69 Å². The lowest BCUT2D eigenvalue weighted by molar-refractivity contribution is -0.132. The third-order valence-electron chi connectivity index (χ3n) is 4.67. The van der Waals surface area contributed by atoms with Gasteiger partial charge in [-0.05, 0) is 36.2 Å². The van der Waals surface area contributed by atoms with Crippen LogP contribution < -0.4 is 0 Å². The Kier molecular flexibility index (Phi) is 7.00. The topological polar surface area (TPSA) is 23.6 Å². The van der Waals surface area contributed by atoms with Crippen molar-refractivity contribution in [2.45, 2.75) is 30.0 Å². The van der Waals surface area contributed by atoms with Crippen molar-refractivity contribution in [3.63, 3.8) is 0 Å². The minimum Gasteiger partial charge on any atom is -0.339 e. The van der Waals surface area contributed by atoms with Crippen molar-refractivity contribution in [3.8, 4) is 0 Å². The molecule has 0 N–H and O–H groups in total. The van der Waals surface area contributed by atoms with Gasteiger partial charge in [0, 0.05) is 42.6 Å². The summed E-state index contributed by atoms with van der Waals surface area (Å²) in [7, 11) is 0.